The van der Waals surface area contributed by atoms with E-state index in [1.54, 1.807) is 0 Å². The highest BCUT2D eigenvalue weighted by molar-refractivity contribution is 5.99. The third-order valence-corrected chi connectivity index (χ3v) is 3.58. The van der Waals surface area contributed by atoms with Crippen molar-refractivity contribution in [1.29, 1.82) is 0 Å². The summed E-state index contributed by atoms with van der Waals surface area (Å²) >= 11 is 0. The first-order chi connectivity index (χ1) is 10.6. The third-order valence-electron chi connectivity index (χ3n) is 3.58. The molecule has 2 N–H and O–H groups in total. The summed E-state index contributed by atoms with van der Waals surface area (Å²) in [6, 6.07) is 2.50. The van der Waals surface area contributed by atoms with E-state index in [0.29, 0.717) is 6.54 Å². The van der Waals surface area contributed by atoms with Gasteiger partial charge in [-0.1, -0.05) is 0 Å². The van der Waals surface area contributed by atoms with E-state index in [1.807, 2.05) is 0 Å². The monoisotopic (exact) mass is 309 g/mol. The molecule has 1 aromatic rings. The van der Waals surface area contributed by atoms with E-state index < -0.39 is 10.8 Å². The Morgan fingerprint density at radius 2 is 2.05 bits per heavy atom. The summed E-state index contributed by atoms with van der Waals surface area (Å²) < 4.78 is 10.2. The molecule has 1 aromatic carbocycles. The summed E-state index contributed by atoms with van der Waals surface area (Å²) in [6.07, 6.45) is 1.80. The SMILES string of the molecule is COc1cc(C(=O)NC2CCCNC2)c([N+](=O)[O-])cc1OC. The van der Waals surface area contributed by atoms with Gasteiger partial charge in [-0.25, -0.2) is 0 Å². The van der Waals surface area contributed by atoms with Gasteiger partial charge < -0.3 is 20.1 Å². The van der Waals surface area contributed by atoms with Crippen LogP contribution in [0.15, 0.2) is 12.1 Å². The summed E-state index contributed by atoms with van der Waals surface area (Å²) in [4.78, 5) is 23.0. The Morgan fingerprint density at radius 1 is 1.36 bits per heavy atom. The zero-order chi connectivity index (χ0) is 16.1. The number of ether oxygens (including phenoxy) is 2. The highest BCUT2D eigenvalue weighted by Crippen LogP contribution is 2.34. The average Bonchev–Trinajstić information content (AvgIpc) is 2.54. The number of benzene rings is 1. The molecule has 120 valence electrons. The summed E-state index contributed by atoms with van der Waals surface area (Å²) in [5.74, 6) is 0.00598. The number of hydrogen-bond donors (Lipinski definition) is 2. The molecule has 0 aliphatic carbocycles. The molecule has 1 aliphatic heterocycles. The number of nitrogens with zero attached hydrogens (tertiary/aromatic N) is 1. The van der Waals surface area contributed by atoms with Gasteiger partial charge in [-0.15, -0.1) is 0 Å². The molecule has 1 saturated heterocycles. The van der Waals surface area contributed by atoms with Crippen molar-refractivity contribution < 1.29 is 19.2 Å². The molecule has 22 heavy (non-hydrogen) atoms. The lowest BCUT2D eigenvalue weighted by molar-refractivity contribution is -0.385. The number of rotatable bonds is 5. The Bertz CT molecular complexity index is 570. The quantitative estimate of drug-likeness (QED) is 0.623. The molecule has 8 nitrogen and oxygen atoms in total. The summed E-state index contributed by atoms with van der Waals surface area (Å²) in [5.41, 5.74) is -0.341. The summed E-state index contributed by atoms with van der Waals surface area (Å²) in [5, 5.41) is 17.2. The van der Waals surface area contributed by atoms with E-state index in [1.165, 1.54) is 26.4 Å². The van der Waals surface area contributed by atoms with Crippen molar-refractivity contribution in [1.82, 2.24) is 10.6 Å². The first-order valence-electron chi connectivity index (χ1n) is 6.98. The second-order valence-electron chi connectivity index (χ2n) is 5.00. The molecule has 1 unspecified atom stereocenters. The molecule has 1 amide bonds. The van der Waals surface area contributed by atoms with Crippen LogP contribution in [0.4, 0.5) is 5.69 Å². The van der Waals surface area contributed by atoms with E-state index in [-0.39, 0.29) is 28.8 Å². The number of carbonyl (C=O) groups excluding carboxylic acids is 1. The standard InChI is InChI=1S/C14H19N3O5/c1-21-12-6-10(11(17(19)20)7-13(12)22-2)14(18)16-9-4-3-5-15-8-9/h6-7,9,15H,3-5,8H2,1-2H3,(H,16,18). The van der Waals surface area contributed by atoms with Crippen LogP contribution in [0.3, 0.4) is 0 Å². The zero-order valence-electron chi connectivity index (χ0n) is 12.5. The Labute approximate surface area is 127 Å². The highest BCUT2D eigenvalue weighted by atomic mass is 16.6. The maximum atomic E-state index is 12.4. The van der Waals surface area contributed by atoms with Gasteiger partial charge in [0.2, 0.25) is 0 Å². The predicted molar refractivity (Wildman–Crippen MR) is 79.6 cm³/mol. The van der Waals surface area contributed by atoms with Crippen LogP contribution in [-0.4, -0.2) is 44.2 Å². The van der Waals surface area contributed by atoms with E-state index in [0.717, 1.165) is 19.4 Å². The number of nitro benzene ring substituents is 1. The highest BCUT2D eigenvalue weighted by Gasteiger charge is 2.26. The second-order valence-corrected chi connectivity index (χ2v) is 5.00. The Kier molecular flexibility index (Phi) is 5.16. The van der Waals surface area contributed by atoms with Crippen LogP contribution >= 0.6 is 0 Å². The number of piperidine rings is 1. The number of hydrogen-bond acceptors (Lipinski definition) is 6. The van der Waals surface area contributed by atoms with E-state index in [2.05, 4.69) is 10.6 Å². The molecule has 1 fully saturated rings. The van der Waals surface area contributed by atoms with Gasteiger partial charge >= 0.3 is 0 Å². The molecular weight excluding hydrogens is 290 g/mol. The first kappa shape index (κ1) is 16.0. The maximum Gasteiger partial charge on any atom is 0.286 e. The minimum absolute atomic E-state index is 0.0334. The van der Waals surface area contributed by atoms with E-state index in [9.17, 15) is 14.9 Å². The van der Waals surface area contributed by atoms with Gasteiger partial charge in [-0.3, -0.25) is 14.9 Å². The van der Waals surface area contributed by atoms with Gasteiger partial charge in [0, 0.05) is 18.7 Å². The van der Waals surface area contributed by atoms with Crippen LogP contribution in [0.1, 0.15) is 23.2 Å². The van der Waals surface area contributed by atoms with Crippen LogP contribution in [0.5, 0.6) is 11.5 Å². The van der Waals surface area contributed by atoms with Crippen molar-refractivity contribution in [2.45, 2.75) is 18.9 Å². The fourth-order valence-electron chi connectivity index (χ4n) is 2.44. The second kappa shape index (κ2) is 7.08. The molecule has 0 bridgehead atoms. The van der Waals surface area contributed by atoms with Crippen LogP contribution in [0, 0.1) is 10.1 Å². The molecule has 1 heterocycles. The predicted octanol–water partition coefficient (Wildman–Crippen LogP) is 1.09. The molecule has 0 aromatic heterocycles. The lowest BCUT2D eigenvalue weighted by atomic mass is 10.1. The van der Waals surface area contributed by atoms with Crippen LogP contribution < -0.4 is 20.1 Å². The van der Waals surface area contributed by atoms with Crippen molar-refractivity contribution in [3.8, 4) is 11.5 Å². The van der Waals surface area contributed by atoms with Crippen LogP contribution in [0.2, 0.25) is 0 Å². The number of amides is 1. The van der Waals surface area contributed by atoms with Crippen LogP contribution in [-0.2, 0) is 0 Å². The van der Waals surface area contributed by atoms with Crippen molar-refractivity contribution in [3.63, 3.8) is 0 Å². The normalized spacial score (nSPS) is 17.6. The minimum atomic E-state index is -0.601. The Morgan fingerprint density at radius 3 is 2.59 bits per heavy atom. The van der Waals surface area contributed by atoms with Crippen LogP contribution in [0.25, 0.3) is 0 Å². The van der Waals surface area contributed by atoms with Gasteiger partial charge in [-0.05, 0) is 19.4 Å². The topological polar surface area (TPSA) is 103 Å². The molecule has 2 rings (SSSR count). The fraction of sp³-hybridized carbons (Fsp3) is 0.500. The Hall–Kier alpha value is -2.35. The number of nitrogens with one attached hydrogen (secondary N) is 2. The smallest absolute Gasteiger partial charge is 0.286 e. The number of carbonyl (C=O) groups is 1. The van der Waals surface area contributed by atoms with Crippen molar-refractivity contribution >= 4 is 11.6 Å². The largest absolute Gasteiger partial charge is 0.493 e. The Balaban J connectivity index is 2.30. The molecule has 8 heteroatoms. The number of nitro groups is 1. The molecule has 1 atom stereocenters. The van der Waals surface area contributed by atoms with Gasteiger partial charge in [0.05, 0.1) is 25.2 Å². The van der Waals surface area contributed by atoms with E-state index in [4.69, 9.17) is 9.47 Å². The lowest BCUT2D eigenvalue weighted by Gasteiger charge is -2.23. The van der Waals surface area contributed by atoms with Crippen molar-refractivity contribution in [3.05, 3.63) is 27.8 Å². The van der Waals surface area contributed by atoms with Crippen molar-refractivity contribution in [2.75, 3.05) is 27.3 Å². The molecule has 1 aliphatic rings. The summed E-state index contributed by atoms with van der Waals surface area (Å²) in [7, 11) is 2.80. The minimum Gasteiger partial charge on any atom is -0.493 e. The molecule has 0 saturated carbocycles. The zero-order valence-corrected chi connectivity index (χ0v) is 12.5. The van der Waals surface area contributed by atoms with Gasteiger partial charge in [0.15, 0.2) is 11.5 Å². The average molecular weight is 309 g/mol. The van der Waals surface area contributed by atoms with Crippen molar-refractivity contribution in [2.24, 2.45) is 0 Å². The first-order valence-corrected chi connectivity index (χ1v) is 6.98. The van der Waals surface area contributed by atoms with Gasteiger partial charge in [0.25, 0.3) is 11.6 Å². The molecule has 0 spiro atoms. The van der Waals surface area contributed by atoms with Gasteiger partial charge in [0.1, 0.15) is 5.56 Å². The molecular formula is C14H19N3O5. The van der Waals surface area contributed by atoms with Gasteiger partial charge in [-0.2, -0.15) is 0 Å². The van der Waals surface area contributed by atoms with E-state index >= 15 is 0 Å². The third kappa shape index (κ3) is 3.45. The summed E-state index contributed by atoms with van der Waals surface area (Å²) in [6.45, 7) is 1.58. The number of methoxy groups -OCH3 is 2. The fourth-order valence-corrected chi connectivity index (χ4v) is 2.44. The molecule has 0 radical (unpaired) electrons. The maximum absolute atomic E-state index is 12.4. The lowest BCUT2D eigenvalue weighted by Crippen LogP contribution is -2.45.